The van der Waals surface area contributed by atoms with E-state index >= 15 is 0 Å². The van der Waals surface area contributed by atoms with E-state index in [1.165, 1.54) is 26.2 Å². The van der Waals surface area contributed by atoms with E-state index in [1.54, 1.807) is 18.3 Å². The minimum absolute atomic E-state index is 0.184. The van der Waals surface area contributed by atoms with Gasteiger partial charge in [-0.05, 0) is 30.3 Å². The molecule has 0 unspecified atom stereocenters. The second-order valence-corrected chi connectivity index (χ2v) is 6.76. The first-order valence-corrected chi connectivity index (χ1v) is 7.68. The van der Waals surface area contributed by atoms with Gasteiger partial charge in [0.2, 0.25) is 10.0 Å². The van der Waals surface area contributed by atoms with E-state index < -0.39 is 10.0 Å². The van der Waals surface area contributed by atoms with E-state index in [-0.39, 0.29) is 4.90 Å². The van der Waals surface area contributed by atoms with Crippen LogP contribution in [0.1, 0.15) is 5.69 Å². The van der Waals surface area contributed by atoms with Crippen LogP contribution in [0.2, 0.25) is 0 Å². The Hall–Kier alpha value is -2.19. The van der Waals surface area contributed by atoms with Crippen LogP contribution in [-0.4, -0.2) is 37.0 Å². The first kappa shape index (κ1) is 15.2. The third kappa shape index (κ3) is 3.47. The van der Waals surface area contributed by atoms with Gasteiger partial charge in [-0.3, -0.25) is 0 Å². The van der Waals surface area contributed by atoms with Crippen molar-refractivity contribution in [1.82, 2.24) is 14.5 Å². The monoisotopic (exact) mass is 307 g/mol. The molecule has 3 N–H and O–H groups in total. The summed E-state index contributed by atoms with van der Waals surface area (Å²) in [5, 5.41) is 10.8. The van der Waals surface area contributed by atoms with Gasteiger partial charge in [0.1, 0.15) is 0 Å². The summed E-state index contributed by atoms with van der Waals surface area (Å²) in [4.78, 5) is 0.184. The minimum atomic E-state index is -3.49. The Balaban J connectivity index is 2.24. The Morgan fingerprint density at radius 3 is 2.67 bits per heavy atom. The molecule has 1 aromatic carbocycles. The van der Waals surface area contributed by atoms with Crippen molar-refractivity contribution in [2.75, 3.05) is 25.1 Å². The third-order valence-corrected chi connectivity index (χ3v) is 4.70. The zero-order valence-corrected chi connectivity index (χ0v) is 12.6. The second-order valence-electron chi connectivity index (χ2n) is 4.61. The number of hydrogen-bond acceptors (Lipinski definition) is 6. The maximum absolute atomic E-state index is 12.1. The fourth-order valence-electron chi connectivity index (χ4n) is 1.67. The number of nitrogen functional groups attached to an aromatic ring is 1. The van der Waals surface area contributed by atoms with Crippen LogP contribution in [0.15, 0.2) is 41.4 Å². The number of aromatic nitrogens is 2. The van der Waals surface area contributed by atoms with Gasteiger partial charge in [-0.25, -0.2) is 12.7 Å². The van der Waals surface area contributed by atoms with E-state index in [9.17, 15) is 8.42 Å². The zero-order valence-electron chi connectivity index (χ0n) is 11.8. The molecule has 0 radical (unpaired) electrons. The lowest BCUT2D eigenvalue weighted by atomic mass is 10.2. The van der Waals surface area contributed by atoms with Gasteiger partial charge in [0.25, 0.3) is 0 Å². The molecule has 0 saturated carbocycles. The van der Waals surface area contributed by atoms with Crippen molar-refractivity contribution in [2.45, 2.75) is 11.4 Å². The third-order valence-electron chi connectivity index (χ3n) is 2.89. The summed E-state index contributed by atoms with van der Waals surface area (Å²) in [6.07, 6.45) is 1.59. The standard InChI is InChI=1S/C13H17N5O2S/c1-18(2)21(19,20)11-5-6-12(14)13(8-11)15-9-10-4-3-7-16-17-10/h3-8,15H,9,14H2,1-2H3. The maximum atomic E-state index is 12.1. The number of hydrogen-bond donors (Lipinski definition) is 2. The molecule has 21 heavy (non-hydrogen) atoms. The molecule has 0 fully saturated rings. The van der Waals surface area contributed by atoms with Gasteiger partial charge in [0.15, 0.2) is 0 Å². The largest absolute Gasteiger partial charge is 0.397 e. The van der Waals surface area contributed by atoms with Gasteiger partial charge in [0.05, 0.1) is 28.5 Å². The highest BCUT2D eigenvalue weighted by atomic mass is 32.2. The van der Waals surface area contributed by atoms with E-state index in [0.29, 0.717) is 17.9 Å². The van der Waals surface area contributed by atoms with Crippen molar-refractivity contribution in [2.24, 2.45) is 0 Å². The summed E-state index contributed by atoms with van der Waals surface area (Å²) >= 11 is 0. The number of nitrogens with two attached hydrogens (primary N) is 1. The fraction of sp³-hybridized carbons (Fsp3) is 0.231. The number of anilines is 2. The normalized spacial score (nSPS) is 11.6. The van der Waals surface area contributed by atoms with Gasteiger partial charge in [-0.1, -0.05) is 0 Å². The highest BCUT2D eigenvalue weighted by Gasteiger charge is 2.18. The molecule has 0 spiro atoms. The summed E-state index contributed by atoms with van der Waals surface area (Å²) in [5.41, 5.74) is 7.61. The summed E-state index contributed by atoms with van der Waals surface area (Å²) in [6.45, 7) is 0.406. The summed E-state index contributed by atoms with van der Waals surface area (Å²) in [5.74, 6) is 0. The molecule has 8 heteroatoms. The summed E-state index contributed by atoms with van der Waals surface area (Å²) < 4.78 is 25.4. The molecule has 2 aromatic rings. The number of benzene rings is 1. The highest BCUT2D eigenvalue weighted by Crippen LogP contribution is 2.24. The lowest BCUT2D eigenvalue weighted by Crippen LogP contribution is -2.22. The Labute approximate surface area is 123 Å². The lowest BCUT2D eigenvalue weighted by molar-refractivity contribution is 0.521. The number of nitrogens with zero attached hydrogens (tertiary/aromatic N) is 3. The molecule has 0 atom stereocenters. The first-order valence-electron chi connectivity index (χ1n) is 6.24. The molecule has 7 nitrogen and oxygen atoms in total. The Morgan fingerprint density at radius 1 is 1.29 bits per heavy atom. The van der Waals surface area contributed by atoms with Gasteiger partial charge in [-0.15, -0.1) is 0 Å². The van der Waals surface area contributed by atoms with Crippen LogP contribution < -0.4 is 11.1 Å². The van der Waals surface area contributed by atoms with Crippen LogP contribution in [0.4, 0.5) is 11.4 Å². The molecular formula is C13H17N5O2S. The molecule has 0 aliphatic carbocycles. The quantitative estimate of drug-likeness (QED) is 0.797. The van der Waals surface area contributed by atoms with Crippen LogP contribution >= 0.6 is 0 Å². The average Bonchev–Trinajstić information content (AvgIpc) is 2.47. The molecule has 0 amide bonds. The molecule has 0 bridgehead atoms. The molecule has 1 aromatic heterocycles. The van der Waals surface area contributed by atoms with Crippen LogP contribution in [0.25, 0.3) is 0 Å². The van der Waals surface area contributed by atoms with Gasteiger partial charge < -0.3 is 11.1 Å². The first-order chi connectivity index (χ1) is 9.91. The molecule has 0 aliphatic rings. The van der Waals surface area contributed by atoms with E-state index in [2.05, 4.69) is 15.5 Å². The molecular weight excluding hydrogens is 290 g/mol. The van der Waals surface area contributed by atoms with Crippen LogP contribution in [-0.2, 0) is 16.6 Å². The fourth-order valence-corrected chi connectivity index (χ4v) is 2.60. The van der Waals surface area contributed by atoms with Crippen molar-refractivity contribution in [1.29, 1.82) is 0 Å². The molecule has 0 saturated heterocycles. The van der Waals surface area contributed by atoms with Crippen LogP contribution in [0.3, 0.4) is 0 Å². The van der Waals surface area contributed by atoms with Gasteiger partial charge >= 0.3 is 0 Å². The summed E-state index contributed by atoms with van der Waals surface area (Å²) in [6, 6.07) is 8.16. The Bertz CT molecular complexity index is 717. The molecule has 112 valence electrons. The maximum Gasteiger partial charge on any atom is 0.242 e. The Morgan fingerprint density at radius 2 is 2.05 bits per heavy atom. The van der Waals surface area contributed by atoms with E-state index in [1.807, 2.05) is 6.07 Å². The van der Waals surface area contributed by atoms with Crippen LogP contribution in [0, 0.1) is 0 Å². The van der Waals surface area contributed by atoms with Crippen molar-refractivity contribution in [3.63, 3.8) is 0 Å². The van der Waals surface area contributed by atoms with E-state index in [4.69, 9.17) is 5.73 Å². The van der Waals surface area contributed by atoms with Crippen molar-refractivity contribution in [3.05, 3.63) is 42.2 Å². The number of rotatable bonds is 5. The SMILES string of the molecule is CN(C)S(=O)(=O)c1ccc(N)c(NCc2cccnn2)c1. The van der Waals surface area contributed by atoms with E-state index in [0.717, 1.165) is 10.00 Å². The highest BCUT2D eigenvalue weighted by molar-refractivity contribution is 7.89. The van der Waals surface area contributed by atoms with Gasteiger partial charge in [-0.2, -0.15) is 10.2 Å². The van der Waals surface area contributed by atoms with Crippen LogP contribution in [0.5, 0.6) is 0 Å². The Kier molecular flexibility index (Phi) is 4.39. The van der Waals surface area contributed by atoms with Crippen molar-refractivity contribution in [3.8, 4) is 0 Å². The van der Waals surface area contributed by atoms with Crippen molar-refractivity contribution >= 4 is 21.4 Å². The minimum Gasteiger partial charge on any atom is -0.397 e. The predicted molar refractivity (Wildman–Crippen MR) is 81.1 cm³/mol. The second kappa shape index (κ2) is 6.06. The number of sulfonamides is 1. The zero-order chi connectivity index (χ0) is 15.5. The molecule has 0 aliphatic heterocycles. The average molecular weight is 307 g/mol. The lowest BCUT2D eigenvalue weighted by Gasteiger charge is -2.14. The number of nitrogens with one attached hydrogen (secondary N) is 1. The van der Waals surface area contributed by atoms with Gasteiger partial charge in [0, 0.05) is 20.3 Å². The molecule has 2 rings (SSSR count). The predicted octanol–water partition coefficient (Wildman–Crippen LogP) is 0.921. The smallest absolute Gasteiger partial charge is 0.242 e. The topological polar surface area (TPSA) is 101 Å². The van der Waals surface area contributed by atoms with Crippen molar-refractivity contribution < 1.29 is 8.42 Å². The summed E-state index contributed by atoms with van der Waals surface area (Å²) in [7, 11) is -0.520. The molecule has 1 heterocycles.